The number of methoxy groups -OCH3 is 3. The Morgan fingerprint density at radius 2 is 1.52 bits per heavy atom. The zero-order chi connectivity index (χ0) is 23.1. The van der Waals surface area contributed by atoms with E-state index in [-0.39, 0.29) is 5.91 Å². The Morgan fingerprint density at radius 3 is 1.97 bits per heavy atom. The number of primary amides is 1. The maximum absolute atomic E-state index is 13.0. The van der Waals surface area contributed by atoms with Gasteiger partial charge in [-0.2, -0.15) is 0 Å². The third-order valence-corrected chi connectivity index (χ3v) is 6.42. The summed E-state index contributed by atoms with van der Waals surface area (Å²) in [6.45, 7) is 7.17. The summed E-state index contributed by atoms with van der Waals surface area (Å²) < 4.78 is 16.5. The molecule has 2 atom stereocenters. The van der Waals surface area contributed by atoms with Crippen molar-refractivity contribution in [1.82, 2.24) is 0 Å². The number of hydrogen-bond acceptors (Lipinski definition) is 5. The summed E-state index contributed by atoms with van der Waals surface area (Å²) >= 11 is 0. The van der Waals surface area contributed by atoms with Gasteiger partial charge in [-0.05, 0) is 31.5 Å². The molecular weight excluding hydrogens is 396 g/mol. The van der Waals surface area contributed by atoms with Gasteiger partial charge in [0.1, 0.15) is 17.2 Å². The maximum atomic E-state index is 13.0. The molecule has 0 saturated heterocycles. The zero-order valence-electron chi connectivity index (χ0n) is 19.1. The van der Waals surface area contributed by atoms with Crippen LogP contribution in [0.15, 0.2) is 36.4 Å². The van der Waals surface area contributed by atoms with E-state index in [1.54, 1.807) is 38.4 Å². The van der Waals surface area contributed by atoms with E-state index in [1.165, 1.54) is 6.92 Å². The molecule has 2 aromatic carbocycles. The van der Waals surface area contributed by atoms with Crippen molar-refractivity contribution in [3.8, 4) is 17.2 Å². The minimum Gasteiger partial charge on any atom is -0.497 e. The number of nitrogens with zero attached hydrogens (tertiary/aromatic N) is 1. The van der Waals surface area contributed by atoms with Gasteiger partial charge >= 0.3 is 0 Å². The van der Waals surface area contributed by atoms with Gasteiger partial charge in [-0.3, -0.25) is 9.59 Å². The van der Waals surface area contributed by atoms with Crippen LogP contribution in [-0.4, -0.2) is 38.7 Å². The molecule has 0 saturated carbocycles. The molecule has 0 radical (unpaired) electrons. The molecule has 2 aromatic rings. The molecule has 7 heteroatoms. The molecule has 7 nitrogen and oxygen atoms in total. The number of amides is 2. The highest BCUT2D eigenvalue weighted by atomic mass is 16.5. The van der Waals surface area contributed by atoms with E-state index >= 15 is 0 Å². The molecule has 3 rings (SSSR count). The van der Waals surface area contributed by atoms with Gasteiger partial charge in [0.15, 0.2) is 0 Å². The predicted molar refractivity (Wildman–Crippen MR) is 119 cm³/mol. The molecular formula is C24H30N2O5. The first kappa shape index (κ1) is 22.5. The molecule has 0 aliphatic carbocycles. The Hall–Kier alpha value is -3.22. The summed E-state index contributed by atoms with van der Waals surface area (Å²) in [4.78, 5) is 27.4. The summed E-state index contributed by atoms with van der Waals surface area (Å²) in [5.41, 5.74) is 6.40. The SMILES string of the molecule is COc1ccc(C2(C)c3c(OC)cc(OC)cc3N(C(C)=O)C(C)(C)C2C(N)=O)cc1. The van der Waals surface area contributed by atoms with Crippen LogP contribution in [0.2, 0.25) is 0 Å². The van der Waals surface area contributed by atoms with E-state index < -0.39 is 22.8 Å². The first-order chi connectivity index (χ1) is 14.5. The second kappa shape index (κ2) is 7.80. The van der Waals surface area contributed by atoms with Gasteiger partial charge in [0.2, 0.25) is 11.8 Å². The van der Waals surface area contributed by atoms with Crippen LogP contribution < -0.4 is 24.8 Å². The van der Waals surface area contributed by atoms with Crippen molar-refractivity contribution in [3.05, 3.63) is 47.5 Å². The molecule has 2 amide bonds. The Balaban J connectivity index is 2.49. The molecule has 0 spiro atoms. The number of fused-ring (bicyclic) bond motifs is 1. The fourth-order valence-corrected chi connectivity index (χ4v) is 5.30. The van der Waals surface area contributed by atoms with Crippen molar-refractivity contribution in [3.63, 3.8) is 0 Å². The molecule has 0 aromatic heterocycles. The molecule has 1 aliphatic heterocycles. The molecule has 0 fully saturated rings. The summed E-state index contributed by atoms with van der Waals surface area (Å²) in [5.74, 6) is 0.313. The van der Waals surface area contributed by atoms with Crippen LogP contribution >= 0.6 is 0 Å². The van der Waals surface area contributed by atoms with E-state index in [2.05, 4.69) is 0 Å². The minimum absolute atomic E-state index is 0.204. The fraction of sp³-hybridized carbons (Fsp3) is 0.417. The molecule has 2 N–H and O–H groups in total. The van der Waals surface area contributed by atoms with Gasteiger partial charge in [-0.25, -0.2) is 0 Å². The first-order valence-electron chi connectivity index (χ1n) is 10.0. The molecule has 1 heterocycles. The third-order valence-electron chi connectivity index (χ3n) is 6.42. The highest BCUT2D eigenvalue weighted by Crippen LogP contribution is 2.57. The number of carbonyl (C=O) groups excluding carboxylic acids is 2. The standard InChI is InChI=1S/C24H30N2O5/c1-14(27)26-18-12-17(30-6)13-19(31-7)20(18)24(4,21(22(25)28)23(26,2)3)15-8-10-16(29-5)11-9-15/h8-13,21H,1-7H3,(H2,25,28). The van der Waals surface area contributed by atoms with Gasteiger partial charge in [-0.1, -0.05) is 19.1 Å². The molecule has 166 valence electrons. The summed E-state index contributed by atoms with van der Waals surface area (Å²) in [7, 11) is 4.71. The van der Waals surface area contributed by atoms with E-state index in [0.29, 0.717) is 28.5 Å². The predicted octanol–water partition coefficient (Wildman–Crippen LogP) is 3.27. The van der Waals surface area contributed by atoms with E-state index in [0.717, 1.165) is 5.56 Å². The first-order valence-corrected chi connectivity index (χ1v) is 10.0. The van der Waals surface area contributed by atoms with E-state index in [1.807, 2.05) is 45.0 Å². The number of ether oxygens (including phenoxy) is 3. The Kier molecular flexibility index (Phi) is 5.65. The van der Waals surface area contributed by atoms with E-state index in [4.69, 9.17) is 19.9 Å². The average Bonchev–Trinajstić information content (AvgIpc) is 2.71. The van der Waals surface area contributed by atoms with Gasteiger partial charge in [-0.15, -0.1) is 0 Å². The highest BCUT2D eigenvalue weighted by Gasteiger charge is 2.58. The van der Waals surface area contributed by atoms with Crippen LogP contribution in [0.25, 0.3) is 0 Å². The zero-order valence-corrected chi connectivity index (χ0v) is 19.1. The molecule has 2 unspecified atom stereocenters. The van der Waals surface area contributed by atoms with Gasteiger partial charge in [0.25, 0.3) is 0 Å². The highest BCUT2D eigenvalue weighted by molar-refractivity contribution is 5.99. The van der Waals surface area contributed by atoms with Crippen LogP contribution in [0.4, 0.5) is 5.69 Å². The van der Waals surface area contributed by atoms with Crippen LogP contribution in [0.3, 0.4) is 0 Å². The fourth-order valence-electron chi connectivity index (χ4n) is 5.30. The summed E-state index contributed by atoms with van der Waals surface area (Å²) in [6, 6.07) is 11.1. The van der Waals surface area contributed by atoms with Crippen molar-refractivity contribution in [2.24, 2.45) is 11.7 Å². The number of rotatable bonds is 5. The molecule has 0 bridgehead atoms. The smallest absolute Gasteiger partial charge is 0.224 e. The normalized spacial score (nSPS) is 21.8. The Labute approximate surface area is 183 Å². The number of hydrogen-bond donors (Lipinski definition) is 1. The average molecular weight is 427 g/mol. The van der Waals surface area contributed by atoms with Crippen LogP contribution in [-0.2, 0) is 15.0 Å². The minimum atomic E-state index is -0.920. The lowest BCUT2D eigenvalue weighted by Gasteiger charge is -2.55. The number of benzene rings is 2. The van der Waals surface area contributed by atoms with Crippen LogP contribution in [0.5, 0.6) is 17.2 Å². The Bertz CT molecular complexity index is 1020. The lowest BCUT2D eigenvalue weighted by Crippen LogP contribution is -2.65. The number of carbonyl (C=O) groups is 2. The van der Waals surface area contributed by atoms with Gasteiger partial charge < -0.3 is 24.8 Å². The van der Waals surface area contributed by atoms with E-state index in [9.17, 15) is 9.59 Å². The topological polar surface area (TPSA) is 91.1 Å². The third kappa shape index (κ3) is 3.28. The van der Waals surface area contributed by atoms with Crippen molar-refractivity contribution in [2.75, 3.05) is 26.2 Å². The number of nitrogens with two attached hydrogens (primary N) is 1. The van der Waals surface area contributed by atoms with Crippen LogP contribution in [0, 0.1) is 5.92 Å². The summed E-state index contributed by atoms with van der Waals surface area (Å²) in [5, 5.41) is 0. The van der Waals surface area contributed by atoms with Crippen molar-refractivity contribution in [2.45, 2.75) is 38.6 Å². The molecule has 31 heavy (non-hydrogen) atoms. The number of anilines is 1. The van der Waals surface area contributed by atoms with Gasteiger partial charge in [0.05, 0.1) is 38.5 Å². The second-order valence-electron chi connectivity index (χ2n) is 8.50. The lowest BCUT2D eigenvalue weighted by molar-refractivity contribution is -0.127. The van der Waals surface area contributed by atoms with Crippen molar-refractivity contribution < 1.29 is 23.8 Å². The maximum Gasteiger partial charge on any atom is 0.224 e. The largest absolute Gasteiger partial charge is 0.497 e. The quantitative estimate of drug-likeness (QED) is 0.792. The lowest BCUT2D eigenvalue weighted by atomic mass is 9.57. The van der Waals surface area contributed by atoms with Crippen molar-refractivity contribution >= 4 is 17.5 Å². The Morgan fingerprint density at radius 1 is 0.935 bits per heavy atom. The van der Waals surface area contributed by atoms with Crippen molar-refractivity contribution in [1.29, 1.82) is 0 Å². The molecule has 1 aliphatic rings. The summed E-state index contributed by atoms with van der Waals surface area (Å²) in [6.07, 6.45) is 0. The monoisotopic (exact) mass is 426 g/mol. The van der Waals surface area contributed by atoms with Crippen LogP contribution in [0.1, 0.15) is 38.8 Å². The van der Waals surface area contributed by atoms with Gasteiger partial charge in [0, 0.05) is 30.0 Å². The second-order valence-corrected chi connectivity index (χ2v) is 8.50.